The predicted octanol–water partition coefficient (Wildman–Crippen LogP) is 2.37. The van der Waals surface area contributed by atoms with E-state index in [4.69, 9.17) is 4.74 Å². The van der Waals surface area contributed by atoms with Crippen LogP contribution in [-0.2, 0) is 4.74 Å². The van der Waals surface area contributed by atoms with Crippen molar-refractivity contribution in [2.75, 3.05) is 6.61 Å². The summed E-state index contributed by atoms with van der Waals surface area (Å²) >= 11 is 0. The van der Waals surface area contributed by atoms with E-state index in [0.717, 1.165) is 5.56 Å². The van der Waals surface area contributed by atoms with Crippen molar-refractivity contribution in [1.29, 1.82) is 0 Å². The highest BCUT2D eigenvalue weighted by Gasteiger charge is 2.09. The van der Waals surface area contributed by atoms with E-state index in [2.05, 4.69) is 16.6 Å². The van der Waals surface area contributed by atoms with E-state index in [1.807, 2.05) is 30.3 Å². The maximum absolute atomic E-state index is 4.98. The number of ether oxygens (including phenoxy) is 1. The summed E-state index contributed by atoms with van der Waals surface area (Å²) in [4.78, 5) is 8.44. The standard InChI is InChI=1S/C12H12N2O/c1-2-11(10-6-4-3-5-7-10)14-12-8-15-9-13-12/h2-7,9,11H,1,8H2/b14-12-. The van der Waals surface area contributed by atoms with Crippen molar-refractivity contribution in [2.45, 2.75) is 6.04 Å². The Hall–Kier alpha value is -1.90. The molecule has 0 radical (unpaired) electrons. The van der Waals surface area contributed by atoms with Gasteiger partial charge in [0.15, 0.2) is 12.2 Å². The molecule has 0 spiro atoms. The van der Waals surface area contributed by atoms with Crippen LogP contribution in [0.4, 0.5) is 0 Å². The number of hydrogen-bond acceptors (Lipinski definition) is 2. The zero-order valence-electron chi connectivity index (χ0n) is 8.34. The van der Waals surface area contributed by atoms with Crippen LogP contribution < -0.4 is 0 Å². The van der Waals surface area contributed by atoms with Crippen molar-refractivity contribution in [3.8, 4) is 0 Å². The van der Waals surface area contributed by atoms with Crippen molar-refractivity contribution >= 4 is 12.2 Å². The van der Waals surface area contributed by atoms with Crippen LogP contribution >= 0.6 is 0 Å². The average Bonchev–Trinajstić information content (AvgIpc) is 2.80. The van der Waals surface area contributed by atoms with E-state index in [-0.39, 0.29) is 6.04 Å². The Labute approximate surface area is 88.8 Å². The number of amidine groups is 1. The van der Waals surface area contributed by atoms with Gasteiger partial charge < -0.3 is 4.74 Å². The monoisotopic (exact) mass is 200 g/mol. The number of rotatable bonds is 3. The van der Waals surface area contributed by atoms with Gasteiger partial charge in [0.2, 0.25) is 0 Å². The zero-order valence-corrected chi connectivity index (χ0v) is 8.34. The van der Waals surface area contributed by atoms with E-state index in [1.165, 1.54) is 6.40 Å². The fourth-order valence-corrected chi connectivity index (χ4v) is 1.39. The van der Waals surface area contributed by atoms with Crippen molar-refractivity contribution in [1.82, 2.24) is 0 Å². The molecule has 0 fully saturated rings. The van der Waals surface area contributed by atoms with Gasteiger partial charge in [-0.15, -0.1) is 6.58 Å². The van der Waals surface area contributed by atoms with Gasteiger partial charge in [0.05, 0.1) is 6.04 Å². The molecule has 15 heavy (non-hydrogen) atoms. The lowest BCUT2D eigenvalue weighted by atomic mass is 10.1. The predicted molar refractivity (Wildman–Crippen MR) is 61.3 cm³/mol. The summed E-state index contributed by atoms with van der Waals surface area (Å²) in [6.07, 6.45) is 3.22. The SMILES string of the molecule is C=CC(/N=C1/COC=N1)c1ccccc1. The topological polar surface area (TPSA) is 34.0 Å². The fourth-order valence-electron chi connectivity index (χ4n) is 1.39. The minimum Gasteiger partial charge on any atom is -0.475 e. The van der Waals surface area contributed by atoms with Gasteiger partial charge in [-0.1, -0.05) is 36.4 Å². The quantitative estimate of drug-likeness (QED) is 0.690. The number of nitrogens with zero attached hydrogens (tertiary/aromatic N) is 2. The second-order valence-electron chi connectivity index (χ2n) is 3.18. The molecule has 0 saturated heterocycles. The third-order valence-corrected chi connectivity index (χ3v) is 2.14. The van der Waals surface area contributed by atoms with Crippen LogP contribution in [0.2, 0.25) is 0 Å². The fraction of sp³-hybridized carbons (Fsp3) is 0.167. The van der Waals surface area contributed by atoms with Crippen LogP contribution in [0.1, 0.15) is 11.6 Å². The highest BCUT2D eigenvalue weighted by Crippen LogP contribution is 2.18. The molecule has 1 aromatic rings. The minimum atomic E-state index is -0.0416. The van der Waals surface area contributed by atoms with Crippen LogP contribution in [0.5, 0.6) is 0 Å². The number of aliphatic imine (C=N–C) groups is 2. The normalized spacial score (nSPS) is 18.8. The highest BCUT2D eigenvalue weighted by molar-refractivity contribution is 5.93. The molecule has 2 rings (SSSR count). The van der Waals surface area contributed by atoms with Crippen molar-refractivity contribution in [3.05, 3.63) is 48.6 Å². The first-order chi connectivity index (χ1) is 7.40. The molecule has 0 saturated carbocycles. The van der Waals surface area contributed by atoms with Gasteiger partial charge in [-0.25, -0.2) is 4.99 Å². The van der Waals surface area contributed by atoms with Crippen LogP contribution in [0.3, 0.4) is 0 Å². The first kappa shape index (κ1) is 9.65. The number of benzene rings is 1. The Morgan fingerprint density at radius 2 is 2.20 bits per heavy atom. The summed E-state index contributed by atoms with van der Waals surface area (Å²) in [6, 6.07) is 9.96. The summed E-state index contributed by atoms with van der Waals surface area (Å²) in [5.74, 6) is 0.712. The average molecular weight is 200 g/mol. The van der Waals surface area contributed by atoms with Crippen molar-refractivity contribution in [2.24, 2.45) is 9.98 Å². The molecule has 1 heterocycles. The second kappa shape index (κ2) is 4.55. The van der Waals surface area contributed by atoms with Crippen LogP contribution in [0.25, 0.3) is 0 Å². The van der Waals surface area contributed by atoms with Gasteiger partial charge in [0.1, 0.15) is 6.61 Å². The van der Waals surface area contributed by atoms with Crippen LogP contribution in [0, 0.1) is 0 Å². The molecule has 76 valence electrons. The first-order valence-corrected chi connectivity index (χ1v) is 4.78. The Morgan fingerprint density at radius 3 is 2.80 bits per heavy atom. The second-order valence-corrected chi connectivity index (χ2v) is 3.18. The lowest BCUT2D eigenvalue weighted by molar-refractivity contribution is 0.396. The largest absolute Gasteiger partial charge is 0.475 e. The molecular formula is C12H12N2O. The third kappa shape index (κ3) is 2.31. The molecule has 0 aliphatic carbocycles. The molecule has 0 amide bonds. The molecule has 1 aromatic carbocycles. The molecule has 1 aliphatic heterocycles. The smallest absolute Gasteiger partial charge is 0.176 e. The lowest BCUT2D eigenvalue weighted by Gasteiger charge is -2.07. The van der Waals surface area contributed by atoms with E-state index in [1.54, 1.807) is 6.08 Å². The van der Waals surface area contributed by atoms with Gasteiger partial charge in [-0.05, 0) is 5.56 Å². The maximum atomic E-state index is 4.98. The Bertz CT molecular complexity index is 395. The van der Waals surface area contributed by atoms with E-state index >= 15 is 0 Å². The molecule has 0 bridgehead atoms. The van der Waals surface area contributed by atoms with Crippen molar-refractivity contribution in [3.63, 3.8) is 0 Å². The summed E-state index contributed by atoms with van der Waals surface area (Å²) in [7, 11) is 0. The Morgan fingerprint density at radius 1 is 1.40 bits per heavy atom. The molecule has 0 aromatic heterocycles. The van der Waals surface area contributed by atoms with E-state index in [0.29, 0.717) is 12.4 Å². The summed E-state index contributed by atoms with van der Waals surface area (Å²) < 4.78 is 4.98. The maximum Gasteiger partial charge on any atom is 0.176 e. The molecule has 0 N–H and O–H groups in total. The van der Waals surface area contributed by atoms with Gasteiger partial charge in [-0.2, -0.15) is 0 Å². The molecule has 3 nitrogen and oxygen atoms in total. The van der Waals surface area contributed by atoms with E-state index in [9.17, 15) is 0 Å². The number of hydrogen-bond donors (Lipinski definition) is 0. The molecular weight excluding hydrogens is 188 g/mol. The van der Waals surface area contributed by atoms with E-state index < -0.39 is 0 Å². The summed E-state index contributed by atoms with van der Waals surface area (Å²) in [6.45, 7) is 4.24. The lowest BCUT2D eigenvalue weighted by Crippen LogP contribution is -2.00. The molecule has 1 atom stereocenters. The van der Waals surface area contributed by atoms with Crippen molar-refractivity contribution < 1.29 is 4.74 Å². The highest BCUT2D eigenvalue weighted by atomic mass is 16.5. The summed E-state index contributed by atoms with van der Waals surface area (Å²) in [5.41, 5.74) is 1.11. The third-order valence-electron chi connectivity index (χ3n) is 2.14. The van der Waals surface area contributed by atoms with Gasteiger partial charge in [0.25, 0.3) is 0 Å². The molecule has 3 heteroatoms. The Balaban J connectivity index is 2.21. The summed E-state index contributed by atoms with van der Waals surface area (Å²) in [5, 5.41) is 0. The minimum absolute atomic E-state index is 0.0416. The van der Waals surface area contributed by atoms with Gasteiger partial charge in [0, 0.05) is 0 Å². The van der Waals surface area contributed by atoms with Crippen LogP contribution in [-0.4, -0.2) is 18.8 Å². The molecule has 1 unspecified atom stereocenters. The zero-order chi connectivity index (χ0) is 10.5. The van der Waals surface area contributed by atoms with Gasteiger partial charge >= 0.3 is 0 Å². The first-order valence-electron chi connectivity index (χ1n) is 4.78. The Kier molecular flexibility index (Phi) is 2.93. The molecule has 1 aliphatic rings. The van der Waals surface area contributed by atoms with Crippen LogP contribution in [0.15, 0.2) is 53.0 Å². The van der Waals surface area contributed by atoms with Gasteiger partial charge in [-0.3, -0.25) is 4.99 Å².